The third-order valence-corrected chi connectivity index (χ3v) is 3.78. The molecular weight excluding hydrogens is 411 g/mol. The van der Waals surface area contributed by atoms with Crippen molar-refractivity contribution in [3.8, 4) is 0 Å². The molecule has 2 rings (SSSR count). The molecule has 0 unspecified atom stereocenters. The summed E-state index contributed by atoms with van der Waals surface area (Å²) in [4.78, 5) is 11.2. The predicted molar refractivity (Wildman–Crippen MR) is 102 cm³/mol. The second-order valence-electron chi connectivity index (χ2n) is 4.78. The van der Waals surface area contributed by atoms with Crippen LogP contribution in [0.4, 0.5) is 0 Å². The van der Waals surface area contributed by atoms with Crippen LogP contribution in [0.25, 0.3) is 0 Å². The van der Waals surface area contributed by atoms with Gasteiger partial charge in [0, 0.05) is 31.9 Å². The normalized spacial score (nSPS) is 11.1. The van der Waals surface area contributed by atoms with E-state index in [0.717, 1.165) is 41.9 Å². The molecule has 0 aliphatic heterocycles. The highest BCUT2D eigenvalue weighted by Crippen LogP contribution is 2.10. The fourth-order valence-corrected chi connectivity index (χ4v) is 2.60. The number of aliphatic imine (C=N–C) groups is 1. The first-order chi connectivity index (χ1) is 10.2. The van der Waals surface area contributed by atoms with Gasteiger partial charge in [0.05, 0.1) is 23.5 Å². The number of halogens is 1. The number of furan rings is 1. The zero-order chi connectivity index (χ0) is 15.1. The van der Waals surface area contributed by atoms with E-state index in [1.54, 1.807) is 17.6 Å². The minimum atomic E-state index is 0. The molecule has 0 saturated carbocycles. The lowest BCUT2D eigenvalue weighted by Gasteiger charge is -2.21. The summed E-state index contributed by atoms with van der Waals surface area (Å²) in [5, 5.41) is 6.50. The number of rotatable bonds is 6. The van der Waals surface area contributed by atoms with Crippen LogP contribution in [0.1, 0.15) is 23.4 Å². The zero-order valence-corrected chi connectivity index (χ0v) is 16.4. The number of nitrogens with zero attached hydrogens (tertiary/aromatic N) is 3. The number of hydrogen-bond acceptors (Lipinski definition) is 4. The molecule has 0 aromatic carbocycles. The van der Waals surface area contributed by atoms with Gasteiger partial charge < -0.3 is 14.6 Å². The molecule has 1 N–H and O–H groups in total. The molecule has 5 nitrogen and oxygen atoms in total. The topological polar surface area (TPSA) is 53.7 Å². The number of hydrogen-bond donors (Lipinski definition) is 1. The van der Waals surface area contributed by atoms with Gasteiger partial charge in [0.25, 0.3) is 0 Å². The van der Waals surface area contributed by atoms with E-state index in [9.17, 15) is 0 Å². The van der Waals surface area contributed by atoms with Crippen LogP contribution in [0.15, 0.2) is 33.2 Å². The molecule has 122 valence electrons. The molecule has 2 heterocycles. The molecule has 0 amide bonds. The minimum Gasteiger partial charge on any atom is -0.469 e. The van der Waals surface area contributed by atoms with Gasteiger partial charge in [-0.3, -0.25) is 4.99 Å². The number of aromatic nitrogens is 1. The third kappa shape index (κ3) is 5.96. The average molecular weight is 434 g/mol. The Hall–Kier alpha value is -1.09. The average Bonchev–Trinajstić information content (AvgIpc) is 3.10. The molecule has 22 heavy (non-hydrogen) atoms. The number of nitrogens with one attached hydrogen (secondary N) is 1. The summed E-state index contributed by atoms with van der Waals surface area (Å²) in [5.41, 5.74) is 1.08. The summed E-state index contributed by atoms with van der Waals surface area (Å²) in [6.45, 7) is 6.41. The second-order valence-corrected chi connectivity index (χ2v) is 5.84. The van der Waals surface area contributed by atoms with Crippen LogP contribution >= 0.6 is 35.3 Å². The Balaban J connectivity index is 0.00000242. The Kier molecular flexibility index (Phi) is 8.47. The van der Waals surface area contributed by atoms with E-state index in [0.29, 0.717) is 6.54 Å². The van der Waals surface area contributed by atoms with Gasteiger partial charge >= 0.3 is 0 Å². The van der Waals surface area contributed by atoms with Gasteiger partial charge in [-0.1, -0.05) is 0 Å². The molecule has 0 atom stereocenters. The monoisotopic (exact) mass is 434 g/mol. The van der Waals surface area contributed by atoms with Gasteiger partial charge in [-0.05, 0) is 26.0 Å². The molecule has 2 aromatic rings. The van der Waals surface area contributed by atoms with Crippen molar-refractivity contribution >= 4 is 41.3 Å². The standard InChI is InChI=1S/C15H22N4OS.HI/c1-4-16-15(17-8-7-14-6-5-9-20-14)19(3)10-13-11-21-12(2)18-13;/h5-6,9,11H,4,7-8,10H2,1-3H3,(H,16,17);1H. The maximum Gasteiger partial charge on any atom is 0.194 e. The number of thiazole rings is 1. The summed E-state index contributed by atoms with van der Waals surface area (Å²) in [6.07, 6.45) is 2.51. The molecule has 7 heteroatoms. The van der Waals surface area contributed by atoms with Crippen molar-refractivity contribution in [2.45, 2.75) is 26.8 Å². The van der Waals surface area contributed by atoms with Crippen LogP contribution in [-0.2, 0) is 13.0 Å². The summed E-state index contributed by atoms with van der Waals surface area (Å²) < 4.78 is 5.32. The molecule has 0 aliphatic rings. The van der Waals surface area contributed by atoms with Crippen molar-refractivity contribution in [2.24, 2.45) is 4.99 Å². The highest BCUT2D eigenvalue weighted by atomic mass is 127. The molecular formula is C15H23IN4OS. The Bertz CT molecular complexity index is 568. The van der Waals surface area contributed by atoms with Crippen molar-refractivity contribution in [3.05, 3.63) is 40.2 Å². The van der Waals surface area contributed by atoms with E-state index in [-0.39, 0.29) is 24.0 Å². The third-order valence-electron chi connectivity index (χ3n) is 2.96. The highest BCUT2D eigenvalue weighted by molar-refractivity contribution is 14.0. The van der Waals surface area contributed by atoms with Crippen molar-refractivity contribution in [2.75, 3.05) is 20.1 Å². The number of guanidine groups is 1. The largest absolute Gasteiger partial charge is 0.469 e. The van der Waals surface area contributed by atoms with Crippen LogP contribution in [0.3, 0.4) is 0 Å². The maximum absolute atomic E-state index is 5.32. The Morgan fingerprint density at radius 3 is 2.91 bits per heavy atom. The molecule has 2 aromatic heterocycles. The van der Waals surface area contributed by atoms with E-state index in [2.05, 4.69) is 32.5 Å². The van der Waals surface area contributed by atoms with E-state index in [1.807, 2.05) is 26.1 Å². The fraction of sp³-hybridized carbons (Fsp3) is 0.467. The SMILES string of the molecule is CCNC(=NCCc1ccco1)N(C)Cc1csc(C)n1.I. The van der Waals surface area contributed by atoms with E-state index >= 15 is 0 Å². The molecule has 0 radical (unpaired) electrons. The second kappa shape index (κ2) is 9.83. The first kappa shape index (κ1) is 19.0. The molecule has 0 bridgehead atoms. The van der Waals surface area contributed by atoms with Gasteiger partial charge in [-0.25, -0.2) is 4.98 Å². The number of aryl methyl sites for hydroxylation is 1. The van der Waals surface area contributed by atoms with E-state index < -0.39 is 0 Å². The smallest absolute Gasteiger partial charge is 0.194 e. The summed E-state index contributed by atoms with van der Waals surface area (Å²) >= 11 is 1.68. The maximum atomic E-state index is 5.32. The summed E-state index contributed by atoms with van der Waals surface area (Å²) in [5.74, 6) is 1.86. The lowest BCUT2D eigenvalue weighted by molar-refractivity contribution is 0.469. The Morgan fingerprint density at radius 1 is 1.50 bits per heavy atom. The van der Waals surface area contributed by atoms with Crippen molar-refractivity contribution in [3.63, 3.8) is 0 Å². The van der Waals surface area contributed by atoms with Gasteiger partial charge in [0.15, 0.2) is 5.96 Å². The quantitative estimate of drug-likeness (QED) is 0.431. The first-order valence-electron chi connectivity index (χ1n) is 7.12. The predicted octanol–water partition coefficient (Wildman–Crippen LogP) is 3.30. The Labute approximate surface area is 152 Å². The summed E-state index contributed by atoms with van der Waals surface area (Å²) in [7, 11) is 2.03. The van der Waals surface area contributed by atoms with E-state index in [4.69, 9.17) is 4.42 Å². The molecule has 0 aliphatic carbocycles. The fourth-order valence-electron chi connectivity index (χ4n) is 2.00. The Morgan fingerprint density at radius 2 is 2.32 bits per heavy atom. The highest BCUT2D eigenvalue weighted by Gasteiger charge is 2.08. The minimum absolute atomic E-state index is 0. The molecule has 0 spiro atoms. The van der Waals surface area contributed by atoms with Gasteiger partial charge in [-0.2, -0.15) is 0 Å². The first-order valence-corrected chi connectivity index (χ1v) is 8.00. The van der Waals surface area contributed by atoms with Crippen LogP contribution < -0.4 is 5.32 Å². The molecule has 0 fully saturated rings. The van der Waals surface area contributed by atoms with Crippen LogP contribution in [0.5, 0.6) is 0 Å². The van der Waals surface area contributed by atoms with Crippen LogP contribution in [-0.4, -0.2) is 36.0 Å². The zero-order valence-electron chi connectivity index (χ0n) is 13.2. The van der Waals surface area contributed by atoms with Crippen molar-refractivity contribution < 1.29 is 4.42 Å². The lowest BCUT2D eigenvalue weighted by Crippen LogP contribution is -2.38. The van der Waals surface area contributed by atoms with Crippen molar-refractivity contribution in [1.29, 1.82) is 0 Å². The molecule has 0 saturated heterocycles. The van der Waals surface area contributed by atoms with Gasteiger partial charge in [-0.15, -0.1) is 35.3 Å². The van der Waals surface area contributed by atoms with Crippen LogP contribution in [0.2, 0.25) is 0 Å². The van der Waals surface area contributed by atoms with Gasteiger partial charge in [0.1, 0.15) is 5.76 Å². The summed E-state index contributed by atoms with van der Waals surface area (Å²) in [6, 6.07) is 3.88. The van der Waals surface area contributed by atoms with Gasteiger partial charge in [0.2, 0.25) is 0 Å². The van der Waals surface area contributed by atoms with Crippen LogP contribution in [0, 0.1) is 6.92 Å². The van der Waals surface area contributed by atoms with Crippen molar-refractivity contribution in [1.82, 2.24) is 15.2 Å². The van der Waals surface area contributed by atoms with E-state index in [1.165, 1.54) is 0 Å². The lowest BCUT2D eigenvalue weighted by atomic mass is 10.3.